The Morgan fingerprint density at radius 3 is 2.82 bits per heavy atom. The van der Waals surface area contributed by atoms with E-state index in [9.17, 15) is 4.79 Å². The summed E-state index contributed by atoms with van der Waals surface area (Å²) in [5, 5.41) is 0. The molecule has 0 bridgehead atoms. The summed E-state index contributed by atoms with van der Waals surface area (Å²) in [6, 6.07) is 7.67. The molecule has 1 fully saturated rings. The minimum atomic E-state index is -0.613. The molecule has 2 rings (SSSR count). The lowest BCUT2D eigenvalue weighted by atomic mass is 9.92. The first kappa shape index (κ1) is 16.9. The molecular formula is C15H22N2O4S. The molecule has 0 saturated carbocycles. The third-order valence-corrected chi connectivity index (χ3v) is 4.10. The second kappa shape index (κ2) is 6.36. The second-order valence-corrected chi connectivity index (χ2v) is 7.02. The van der Waals surface area contributed by atoms with Gasteiger partial charge in [-0.2, -0.15) is 0 Å². The summed E-state index contributed by atoms with van der Waals surface area (Å²) in [5.74, 6) is 0. The smallest absolute Gasteiger partial charge is 0.423 e. The number of carbonyl (C=O) groups is 1. The zero-order valence-electron chi connectivity index (χ0n) is 13.5. The van der Waals surface area contributed by atoms with E-state index in [0.717, 1.165) is 23.5 Å². The first-order valence-electron chi connectivity index (χ1n) is 6.98. The van der Waals surface area contributed by atoms with Gasteiger partial charge in [0.15, 0.2) is 0 Å². The van der Waals surface area contributed by atoms with Crippen molar-refractivity contribution in [3.63, 3.8) is 0 Å². The van der Waals surface area contributed by atoms with E-state index in [1.807, 2.05) is 52.0 Å². The van der Waals surface area contributed by atoms with Crippen molar-refractivity contribution >= 4 is 24.0 Å². The van der Waals surface area contributed by atoms with Crippen LogP contribution in [0.2, 0.25) is 0 Å². The van der Waals surface area contributed by atoms with Crippen LogP contribution in [0.25, 0.3) is 0 Å². The lowest BCUT2D eigenvalue weighted by Crippen LogP contribution is -2.43. The molecule has 1 unspecified atom stereocenters. The summed E-state index contributed by atoms with van der Waals surface area (Å²) in [7, 11) is 1.55. The van der Waals surface area contributed by atoms with E-state index >= 15 is 0 Å². The highest BCUT2D eigenvalue weighted by Crippen LogP contribution is 2.42. The Balaban J connectivity index is 2.27. The summed E-state index contributed by atoms with van der Waals surface area (Å²) in [4.78, 5) is 17.3. The van der Waals surface area contributed by atoms with Gasteiger partial charge in [0.2, 0.25) is 0 Å². The summed E-state index contributed by atoms with van der Waals surface area (Å²) >= 11 is 1.02. The molecule has 1 N–H and O–H groups in total. The molecule has 1 aromatic carbocycles. The zero-order chi connectivity index (χ0) is 16.4. The Kier molecular flexibility index (Phi) is 4.89. The van der Waals surface area contributed by atoms with Crippen molar-refractivity contribution in [2.24, 2.45) is 0 Å². The Morgan fingerprint density at radius 2 is 2.18 bits per heavy atom. The molecule has 0 radical (unpaired) electrons. The molecule has 1 amide bonds. The van der Waals surface area contributed by atoms with Crippen LogP contribution in [0.3, 0.4) is 0 Å². The molecule has 1 aromatic rings. The third kappa shape index (κ3) is 3.66. The quantitative estimate of drug-likeness (QED) is 0.519. The predicted octanol–water partition coefficient (Wildman–Crippen LogP) is 3.71. The van der Waals surface area contributed by atoms with Crippen molar-refractivity contribution in [3.8, 4) is 0 Å². The van der Waals surface area contributed by atoms with Gasteiger partial charge < -0.3 is 4.74 Å². The molecule has 1 aliphatic rings. The van der Waals surface area contributed by atoms with Crippen LogP contribution in [0.5, 0.6) is 0 Å². The number of carbonyl (C=O) groups excluding carboxylic acids is 1. The van der Waals surface area contributed by atoms with Crippen LogP contribution in [0.1, 0.15) is 33.3 Å². The Hall–Kier alpha value is -1.44. The average molecular weight is 326 g/mol. The molecule has 22 heavy (non-hydrogen) atoms. The van der Waals surface area contributed by atoms with Gasteiger partial charge in [-0.3, -0.25) is 14.5 Å². The first-order chi connectivity index (χ1) is 10.3. The number of amides is 1. The van der Waals surface area contributed by atoms with E-state index in [0.29, 0.717) is 6.61 Å². The fourth-order valence-electron chi connectivity index (χ4n) is 2.11. The molecule has 1 saturated heterocycles. The number of nitrogens with zero attached hydrogens (tertiary/aromatic N) is 1. The van der Waals surface area contributed by atoms with E-state index in [2.05, 4.69) is 5.48 Å². The van der Waals surface area contributed by atoms with Crippen molar-refractivity contribution in [3.05, 3.63) is 29.8 Å². The highest BCUT2D eigenvalue weighted by atomic mass is 32.2. The van der Waals surface area contributed by atoms with Crippen LogP contribution in [0.15, 0.2) is 24.3 Å². The molecule has 1 heterocycles. The Labute approximate surface area is 135 Å². The maximum absolute atomic E-state index is 12.4. The Morgan fingerprint density at radius 1 is 1.45 bits per heavy atom. The molecule has 0 spiro atoms. The average Bonchev–Trinajstić information content (AvgIpc) is 2.81. The predicted molar refractivity (Wildman–Crippen MR) is 86.0 cm³/mol. The minimum Gasteiger partial charge on any atom is -0.443 e. The molecule has 0 aliphatic carbocycles. The maximum Gasteiger partial charge on any atom is 0.423 e. The highest BCUT2D eigenvalue weighted by Gasteiger charge is 2.46. The van der Waals surface area contributed by atoms with Gasteiger partial charge in [0.25, 0.3) is 0 Å². The van der Waals surface area contributed by atoms with Gasteiger partial charge in [-0.1, -0.05) is 12.1 Å². The molecule has 6 nitrogen and oxygen atoms in total. The van der Waals surface area contributed by atoms with Gasteiger partial charge in [-0.05, 0) is 45.4 Å². The lowest BCUT2D eigenvalue weighted by molar-refractivity contribution is 0.0277. The molecule has 122 valence electrons. The van der Waals surface area contributed by atoms with Gasteiger partial charge in [-0.25, -0.2) is 9.10 Å². The zero-order valence-corrected chi connectivity index (χ0v) is 14.3. The summed E-state index contributed by atoms with van der Waals surface area (Å²) in [6.07, 6.45) is -0.414. The number of hydrogen-bond acceptors (Lipinski definition) is 6. The van der Waals surface area contributed by atoms with Crippen molar-refractivity contribution in [1.29, 1.82) is 0 Å². The third-order valence-electron chi connectivity index (χ3n) is 3.18. The van der Waals surface area contributed by atoms with Crippen LogP contribution in [-0.4, -0.2) is 29.7 Å². The monoisotopic (exact) mass is 326 g/mol. The van der Waals surface area contributed by atoms with E-state index in [-0.39, 0.29) is 0 Å². The van der Waals surface area contributed by atoms with Crippen molar-refractivity contribution in [2.45, 2.75) is 38.8 Å². The van der Waals surface area contributed by atoms with E-state index in [1.54, 1.807) is 7.11 Å². The molecule has 7 heteroatoms. The van der Waals surface area contributed by atoms with E-state index in [4.69, 9.17) is 13.8 Å². The highest BCUT2D eigenvalue weighted by molar-refractivity contribution is 7.93. The maximum atomic E-state index is 12.4. The largest absolute Gasteiger partial charge is 0.443 e. The van der Waals surface area contributed by atoms with Crippen LogP contribution < -0.4 is 5.48 Å². The fraction of sp³-hybridized carbons (Fsp3) is 0.533. The van der Waals surface area contributed by atoms with Gasteiger partial charge in [0.1, 0.15) is 23.4 Å². The lowest BCUT2D eigenvalue weighted by Gasteiger charge is -2.33. The molecule has 1 aliphatic heterocycles. The van der Waals surface area contributed by atoms with Gasteiger partial charge in [0, 0.05) is 0 Å². The van der Waals surface area contributed by atoms with Gasteiger partial charge in [0.05, 0.1) is 19.4 Å². The first-order valence-corrected chi connectivity index (χ1v) is 7.68. The van der Waals surface area contributed by atoms with Crippen LogP contribution >= 0.6 is 12.2 Å². The standard InChI is InChI=1S/C15H22N2O4S/c1-14(2,3)21-13(18)17-15(4,10-20-22-17)11-7-6-8-12(9-11)16-19-5/h6-9,16H,10H2,1-5H3. The summed E-state index contributed by atoms with van der Waals surface area (Å²) in [6.45, 7) is 7.85. The van der Waals surface area contributed by atoms with Crippen LogP contribution in [0.4, 0.5) is 10.5 Å². The van der Waals surface area contributed by atoms with E-state index < -0.39 is 17.2 Å². The fourth-order valence-corrected chi connectivity index (χ4v) is 2.91. The van der Waals surface area contributed by atoms with Gasteiger partial charge in [-0.15, -0.1) is 0 Å². The minimum absolute atomic E-state index is 0.382. The topological polar surface area (TPSA) is 60.0 Å². The number of benzene rings is 1. The van der Waals surface area contributed by atoms with Crippen molar-refractivity contribution < 1.29 is 18.6 Å². The van der Waals surface area contributed by atoms with Crippen LogP contribution in [-0.2, 0) is 19.3 Å². The number of hydrogen-bond donors (Lipinski definition) is 1. The SMILES string of the molecule is CONc1cccc(C2(C)COSN2C(=O)OC(C)(C)C)c1. The van der Waals surface area contributed by atoms with Crippen molar-refractivity contribution in [1.82, 2.24) is 4.31 Å². The summed E-state index contributed by atoms with van der Waals surface area (Å²) < 4.78 is 12.4. The van der Waals surface area contributed by atoms with Crippen LogP contribution in [0, 0.1) is 0 Å². The second-order valence-electron chi connectivity index (χ2n) is 6.27. The number of nitrogens with one attached hydrogen (secondary N) is 1. The number of anilines is 1. The molecule has 1 atom stereocenters. The van der Waals surface area contributed by atoms with Crippen molar-refractivity contribution in [2.75, 3.05) is 19.2 Å². The summed E-state index contributed by atoms with van der Waals surface area (Å²) in [5.41, 5.74) is 3.36. The van der Waals surface area contributed by atoms with E-state index in [1.165, 1.54) is 4.31 Å². The molecular weight excluding hydrogens is 304 g/mol. The number of ether oxygens (including phenoxy) is 1. The normalized spacial score (nSPS) is 21.8. The number of rotatable bonds is 3. The van der Waals surface area contributed by atoms with Gasteiger partial charge >= 0.3 is 6.09 Å². The molecule has 0 aromatic heterocycles. The Bertz CT molecular complexity index is 547.